The molecule has 0 unspecified atom stereocenters. The molecule has 4 heterocycles. The quantitative estimate of drug-likeness (QED) is 0.376. The van der Waals surface area contributed by atoms with Gasteiger partial charge in [-0.05, 0) is 57.4 Å². The van der Waals surface area contributed by atoms with Crippen LogP contribution in [0, 0.1) is 0 Å². The predicted octanol–water partition coefficient (Wildman–Crippen LogP) is 5.09. The monoisotopic (exact) mass is 412 g/mol. The van der Waals surface area contributed by atoms with Gasteiger partial charge in [0.05, 0.1) is 11.2 Å². The molecule has 0 saturated carbocycles. The van der Waals surface area contributed by atoms with Crippen LogP contribution in [0.5, 0.6) is 0 Å². The molecule has 1 fully saturated rings. The van der Waals surface area contributed by atoms with Crippen molar-refractivity contribution in [3.63, 3.8) is 0 Å². The number of fused-ring (bicyclic) bond motifs is 4. The number of rotatable bonds is 2. The van der Waals surface area contributed by atoms with Gasteiger partial charge in [-0.15, -0.1) is 0 Å². The van der Waals surface area contributed by atoms with Crippen LogP contribution in [0.15, 0.2) is 63.7 Å². The van der Waals surface area contributed by atoms with E-state index in [-0.39, 0.29) is 11.2 Å². The molecule has 0 aliphatic carbocycles. The average molecular weight is 412 g/mol. The third-order valence-corrected chi connectivity index (χ3v) is 6.46. The third-order valence-electron chi connectivity index (χ3n) is 6.46. The summed E-state index contributed by atoms with van der Waals surface area (Å²) in [6.07, 6.45) is 3.45. The summed E-state index contributed by atoms with van der Waals surface area (Å²) in [7, 11) is -0.423. The standard InChI is InChI=1S/C24H21BN2O4/c1-23(2)24(3,4)31-25(30-23)15-5-6-19-16(11-15)17-12-18-21(13-20(17)28-19)29-22(27-18)14-7-9-26-10-8-14/h5-13H,1-4H3. The first-order valence-corrected chi connectivity index (χ1v) is 10.3. The van der Waals surface area contributed by atoms with Crippen LogP contribution in [0.25, 0.3) is 44.5 Å². The van der Waals surface area contributed by atoms with Crippen molar-refractivity contribution in [2.45, 2.75) is 38.9 Å². The highest BCUT2D eigenvalue weighted by molar-refractivity contribution is 6.62. The molecule has 2 aromatic carbocycles. The first-order chi connectivity index (χ1) is 14.8. The van der Waals surface area contributed by atoms with Gasteiger partial charge in [0.1, 0.15) is 16.7 Å². The SMILES string of the molecule is CC1(C)OB(c2ccc3oc4cc5oc(-c6ccncc6)nc5cc4c3c2)OC1(C)C. The smallest absolute Gasteiger partial charge is 0.456 e. The zero-order chi connectivity index (χ0) is 21.4. The lowest BCUT2D eigenvalue weighted by atomic mass is 9.78. The summed E-state index contributed by atoms with van der Waals surface area (Å²) in [5.74, 6) is 0.562. The summed E-state index contributed by atoms with van der Waals surface area (Å²) in [5, 5.41) is 1.98. The molecule has 6 nitrogen and oxygen atoms in total. The molecule has 31 heavy (non-hydrogen) atoms. The number of benzene rings is 2. The Morgan fingerprint density at radius 1 is 0.742 bits per heavy atom. The van der Waals surface area contributed by atoms with E-state index >= 15 is 0 Å². The lowest BCUT2D eigenvalue weighted by Gasteiger charge is -2.32. The maximum absolute atomic E-state index is 6.22. The highest BCUT2D eigenvalue weighted by Crippen LogP contribution is 2.38. The molecule has 3 aromatic heterocycles. The highest BCUT2D eigenvalue weighted by Gasteiger charge is 2.51. The van der Waals surface area contributed by atoms with Gasteiger partial charge < -0.3 is 18.1 Å². The second kappa shape index (κ2) is 6.18. The average Bonchev–Trinajstić information content (AvgIpc) is 3.37. The van der Waals surface area contributed by atoms with Crippen molar-refractivity contribution in [2.24, 2.45) is 0 Å². The molecular weight excluding hydrogens is 391 g/mol. The number of oxazole rings is 1. The first-order valence-electron chi connectivity index (χ1n) is 10.3. The summed E-state index contributed by atoms with van der Waals surface area (Å²) < 4.78 is 24.5. The van der Waals surface area contributed by atoms with Crippen molar-refractivity contribution in [3.05, 3.63) is 54.9 Å². The minimum atomic E-state index is -0.423. The van der Waals surface area contributed by atoms with Crippen molar-refractivity contribution < 1.29 is 18.1 Å². The fourth-order valence-electron chi connectivity index (χ4n) is 3.96. The van der Waals surface area contributed by atoms with Gasteiger partial charge >= 0.3 is 7.12 Å². The Labute approximate surface area is 179 Å². The van der Waals surface area contributed by atoms with Crippen LogP contribution in [0.3, 0.4) is 0 Å². The fourth-order valence-corrected chi connectivity index (χ4v) is 3.96. The lowest BCUT2D eigenvalue weighted by Crippen LogP contribution is -2.41. The zero-order valence-electron chi connectivity index (χ0n) is 17.8. The molecule has 0 amide bonds. The van der Waals surface area contributed by atoms with Gasteiger partial charge in [-0.3, -0.25) is 4.98 Å². The predicted molar refractivity (Wildman–Crippen MR) is 120 cm³/mol. The molecule has 0 bridgehead atoms. The van der Waals surface area contributed by atoms with Gasteiger partial charge in [-0.1, -0.05) is 12.1 Å². The van der Waals surface area contributed by atoms with Gasteiger partial charge in [0.2, 0.25) is 5.89 Å². The molecule has 6 rings (SSSR count). The fraction of sp³-hybridized carbons (Fsp3) is 0.250. The van der Waals surface area contributed by atoms with E-state index in [2.05, 4.69) is 43.7 Å². The molecule has 0 atom stereocenters. The zero-order valence-corrected chi connectivity index (χ0v) is 17.8. The summed E-state index contributed by atoms with van der Waals surface area (Å²) in [5.41, 5.74) is 4.10. The van der Waals surface area contributed by atoms with Gasteiger partial charge in [-0.25, -0.2) is 4.98 Å². The van der Waals surface area contributed by atoms with Crippen LogP contribution in [0.4, 0.5) is 0 Å². The Hall–Kier alpha value is -3.16. The molecule has 0 spiro atoms. The second-order valence-electron chi connectivity index (χ2n) is 9.02. The van der Waals surface area contributed by atoms with Crippen LogP contribution in [-0.4, -0.2) is 28.3 Å². The number of nitrogens with zero attached hydrogens (tertiary/aromatic N) is 2. The Morgan fingerprint density at radius 3 is 2.19 bits per heavy atom. The Balaban J connectivity index is 1.47. The van der Waals surface area contributed by atoms with Gasteiger partial charge in [-0.2, -0.15) is 0 Å². The molecule has 5 aromatic rings. The normalized spacial score (nSPS) is 17.9. The van der Waals surface area contributed by atoms with Gasteiger partial charge in [0.15, 0.2) is 5.58 Å². The molecule has 0 radical (unpaired) electrons. The summed E-state index contributed by atoms with van der Waals surface area (Å²) >= 11 is 0. The second-order valence-corrected chi connectivity index (χ2v) is 9.02. The van der Waals surface area contributed by atoms with E-state index in [4.69, 9.17) is 18.1 Å². The van der Waals surface area contributed by atoms with Crippen molar-refractivity contribution in [1.29, 1.82) is 0 Å². The van der Waals surface area contributed by atoms with E-state index in [9.17, 15) is 0 Å². The van der Waals surface area contributed by atoms with Crippen LogP contribution < -0.4 is 5.46 Å². The van der Waals surface area contributed by atoms with Crippen LogP contribution >= 0.6 is 0 Å². The van der Waals surface area contributed by atoms with E-state index in [1.54, 1.807) is 12.4 Å². The first kappa shape index (κ1) is 18.6. The number of pyridine rings is 1. The van der Waals surface area contributed by atoms with E-state index in [0.29, 0.717) is 11.5 Å². The largest absolute Gasteiger partial charge is 0.494 e. The molecule has 1 saturated heterocycles. The van der Waals surface area contributed by atoms with E-state index in [0.717, 1.165) is 38.5 Å². The van der Waals surface area contributed by atoms with Crippen LogP contribution in [0.1, 0.15) is 27.7 Å². The minimum Gasteiger partial charge on any atom is -0.456 e. The Bertz CT molecular complexity index is 1440. The van der Waals surface area contributed by atoms with Crippen molar-refractivity contribution >= 4 is 45.6 Å². The minimum absolute atomic E-state index is 0.388. The van der Waals surface area contributed by atoms with Crippen molar-refractivity contribution in [2.75, 3.05) is 0 Å². The summed E-state index contributed by atoms with van der Waals surface area (Å²) in [6.45, 7) is 8.22. The highest BCUT2D eigenvalue weighted by atomic mass is 16.7. The molecule has 0 N–H and O–H groups in total. The Kier molecular flexibility index (Phi) is 3.71. The molecule has 154 valence electrons. The van der Waals surface area contributed by atoms with Crippen molar-refractivity contribution in [3.8, 4) is 11.5 Å². The molecule has 1 aliphatic rings. The maximum Gasteiger partial charge on any atom is 0.494 e. The Morgan fingerprint density at radius 2 is 1.45 bits per heavy atom. The number of hydrogen-bond donors (Lipinski definition) is 0. The molecule has 7 heteroatoms. The van der Waals surface area contributed by atoms with E-state index < -0.39 is 7.12 Å². The lowest BCUT2D eigenvalue weighted by molar-refractivity contribution is 0.00578. The summed E-state index contributed by atoms with van der Waals surface area (Å²) in [4.78, 5) is 8.72. The third kappa shape index (κ3) is 2.81. The van der Waals surface area contributed by atoms with Crippen LogP contribution in [0.2, 0.25) is 0 Å². The van der Waals surface area contributed by atoms with Crippen molar-refractivity contribution in [1.82, 2.24) is 9.97 Å². The number of furan rings is 1. The van der Waals surface area contributed by atoms with Crippen LogP contribution in [-0.2, 0) is 9.31 Å². The number of aromatic nitrogens is 2. The van der Waals surface area contributed by atoms with E-state index in [1.807, 2.05) is 36.4 Å². The number of hydrogen-bond acceptors (Lipinski definition) is 6. The molecule has 1 aliphatic heterocycles. The maximum atomic E-state index is 6.22. The van der Waals surface area contributed by atoms with Gasteiger partial charge in [0, 0.05) is 34.8 Å². The molecular formula is C24H21BN2O4. The van der Waals surface area contributed by atoms with E-state index in [1.165, 1.54) is 0 Å². The summed E-state index contributed by atoms with van der Waals surface area (Å²) in [6, 6.07) is 13.7. The topological polar surface area (TPSA) is 70.5 Å². The van der Waals surface area contributed by atoms with Gasteiger partial charge in [0.25, 0.3) is 0 Å².